The van der Waals surface area contributed by atoms with Gasteiger partial charge in [-0.05, 0) is 24.6 Å². The normalized spacial score (nSPS) is 17.3. The van der Waals surface area contributed by atoms with Gasteiger partial charge in [0.1, 0.15) is 12.2 Å². The van der Waals surface area contributed by atoms with Crippen LogP contribution < -0.4 is 0 Å². The molecule has 0 bridgehead atoms. The summed E-state index contributed by atoms with van der Waals surface area (Å²) in [5.41, 5.74) is -0.304. The minimum atomic E-state index is -1.03. The molecule has 18 heavy (non-hydrogen) atoms. The fourth-order valence-corrected chi connectivity index (χ4v) is 2.04. The third-order valence-corrected chi connectivity index (χ3v) is 3.02. The van der Waals surface area contributed by atoms with Crippen molar-refractivity contribution in [2.24, 2.45) is 0 Å². The van der Waals surface area contributed by atoms with Crippen LogP contribution in [0.1, 0.15) is 17.3 Å². The molecule has 1 saturated heterocycles. The lowest BCUT2D eigenvalue weighted by Crippen LogP contribution is -2.63. The van der Waals surface area contributed by atoms with Crippen LogP contribution in [0, 0.1) is 0 Å². The van der Waals surface area contributed by atoms with Crippen LogP contribution in [0.2, 0.25) is 5.22 Å². The molecule has 1 aromatic rings. The first kappa shape index (κ1) is 12.9. The van der Waals surface area contributed by atoms with E-state index in [0.29, 0.717) is 18.7 Å². The maximum absolute atomic E-state index is 11.9. The van der Waals surface area contributed by atoms with Crippen molar-refractivity contribution in [3.8, 4) is 0 Å². The molecular weight excluding hydrogens is 262 g/mol. The highest BCUT2D eigenvalue weighted by molar-refractivity contribution is 6.32. The van der Waals surface area contributed by atoms with Crippen LogP contribution in [0.3, 0.4) is 0 Å². The summed E-state index contributed by atoms with van der Waals surface area (Å²) in [7, 11) is 0. The number of hydrogen-bond donors (Lipinski definition) is 1. The lowest BCUT2D eigenvalue weighted by Gasteiger charge is -2.47. The van der Waals surface area contributed by atoms with Gasteiger partial charge in [-0.15, -0.1) is 0 Å². The molecule has 2 heterocycles. The Morgan fingerprint density at radius 2 is 2.28 bits per heavy atom. The number of aliphatic carboxylic acids is 1. The first-order valence-electron chi connectivity index (χ1n) is 5.29. The van der Waals surface area contributed by atoms with Crippen molar-refractivity contribution in [3.05, 3.63) is 23.1 Å². The summed E-state index contributed by atoms with van der Waals surface area (Å²) in [4.78, 5) is 23.9. The zero-order valence-electron chi connectivity index (χ0n) is 9.68. The number of ether oxygens (including phenoxy) is 1. The Kier molecular flexibility index (Phi) is 3.32. The van der Waals surface area contributed by atoms with Gasteiger partial charge in [0.05, 0.1) is 24.9 Å². The standard InChI is InChI=1S/C11H12ClNO5/c1-11(18-4-8(14)15)5-13(6-11)10(16)7-2-3-17-9(7)12/h2-3H,4-6H2,1H3,(H,14,15). The smallest absolute Gasteiger partial charge is 0.329 e. The van der Waals surface area contributed by atoms with Crippen molar-refractivity contribution in [2.75, 3.05) is 19.7 Å². The van der Waals surface area contributed by atoms with Gasteiger partial charge in [0.2, 0.25) is 5.22 Å². The molecule has 0 aromatic carbocycles. The molecule has 0 aliphatic carbocycles. The van der Waals surface area contributed by atoms with E-state index in [1.165, 1.54) is 17.2 Å². The van der Waals surface area contributed by atoms with Crippen LogP contribution in [-0.2, 0) is 9.53 Å². The second-order valence-electron chi connectivity index (χ2n) is 4.40. The molecule has 6 nitrogen and oxygen atoms in total. The minimum absolute atomic E-state index is 0.0556. The number of carbonyl (C=O) groups excluding carboxylic acids is 1. The first-order valence-corrected chi connectivity index (χ1v) is 5.67. The number of carbonyl (C=O) groups is 2. The van der Waals surface area contributed by atoms with E-state index >= 15 is 0 Å². The topological polar surface area (TPSA) is 80.0 Å². The van der Waals surface area contributed by atoms with Crippen molar-refractivity contribution in [3.63, 3.8) is 0 Å². The van der Waals surface area contributed by atoms with Gasteiger partial charge in [0.25, 0.3) is 5.91 Å². The highest BCUT2D eigenvalue weighted by atomic mass is 35.5. The molecule has 0 saturated carbocycles. The Labute approximate surface area is 108 Å². The van der Waals surface area contributed by atoms with Gasteiger partial charge >= 0.3 is 5.97 Å². The lowest BCUT2D eigenvalue weighted by molar-refractivity contribution is -0.159. The summed E-state index contributed by atoms with van der Waals surface area (Å²) in [6.07, 6.45) is 1.34. The molecule has 2 rings (SSSR count). The number of rotatable bonds is 4. The van der Waals surface area contributed by atoms with Crippen molar-refractivity contribution in [2.45, 2.75) is 12.5 Å². The van der Waals surface area contributed by atoms with Gasteiger partial charge in [-0.2, -0.15) is 0 Å². The fraction of sp³-hybridized carbons (Fsp3) is 0.455. The van der Waals surface area contributed by atoms with Crippen molar-refractivity contribution < 1.29 is 23.8 Å². The van der Waals surface area contributed by atoms with E-state index < -0.39 is 11.6 Å². The van der Waals surface area contributed by atoms with Crippen LogP contribution in [0.25, 0.3) is 0 Å². The lowest BCUT2D eigenvalue weighted by atomic mass is 9.95. The molecule has 1 aliphatic heterocycles. The molecule has 1 amide bonds. The number of carboxylic acids is 1. The zero-order valence-corrected chi connectivity index (χ0v) is 10.4. The fourth-order valence-electron chi connectivity index (χ4n) is 1.85. The molecule has 1 aliphatic rings. The maximum Gasteiger partial charge on any atom is 0.329 e. The van der Waals surface area contributed by atoms with Crippen LogP contribution in [0.15, 0.2) is 16.7 Å². The van der Waals surface area contributed by atoms with Crippen LogP contribution >= 0.6 is 11.6 Å². The predicted octanol–water partition coefficient (Wildman–Crippen LogP) is 1.25. The summed E-state index contributed by atoms with van der Waals surface area (Å²) in [6, 6.07) is 1.50. The third-order valence-electron chi connectivity index (χ3n) is 2.73. The van der Waals surface area contributed by atoms with Crippen molar-refractivity contribution in [1.82, 2.24) is 4.90 Å². The number of carboxylic acid groups (broad SMARTS) is 1. The molecule has 0 spiro atoms. The average Bonchev–Trinajstić information content (AvgIpc) is 2.68. The molecule has 1 fully saturated rings. The first-order chi connectivity index (χ1) is 8.41. The summed E-state index contributed by atoms with van der Waals surface area (Å²) >= 11 is 5.71. The molecule has 0 atom stereocenters. The van der Waals surface area contributed by atoms with Crippen LogP contribution in [-0.4, -0.2) is 47.2 Å². The number of hydrogen-bond acceptors (Lipinski definition) is 4. The quantitative estimate of drug-likeness (QED) is 0.893. The zero-order chi connectivity index (χ0) is 13.3. The minimum Gasteiger partial charge on any atom is -0.480 e. The number of nitrogens with zero attached hydrogens (tertiary/aromatic N) is 1. The highest BCUT2D eigenvalue weighted by Gasteiger charge is 2.43. The van der Waals surface area contributed by atoms with Gasteiger partial charge in [0, 0.05) is 0 Å². The van der Waals surface area contributed by atoms with Crippen LogP contribution in [0.5, 0.6) is 0 Å². The van der Waals surface area contributed by atoms with E-state index in [1.807, 2.05) is 0 Å². The van der Waals surface area contributed by atoms with Gasteiger partial charge in [0.15, 0.2) is 0 Å². The van der Waals surface area contributed by atoms with Crippen LogP contribution in [0.4, 0.5) is 0 Å². The van der Waals surface area contributed by atoms with E-state index in [9.17, 15) is 9.59 Å². The Hall–Kier alpha value is -1.53. The van der Waals surface area contributed by atoms with Crippen molar-refractivity contribution in [1.29, 1.82) is 0 Å². The van der Waals surface area contributed by atoms with E-state index in [4.69, 9.17) is 25.9 Å². The van der Waals surface area contributed by atoms with Gasteiger partial charge < -0.3 is 19.2 Å². The highest BCUT2D eigenvalue weighted by Crippen LogP contribution is 2.28. The molecule has 98 valence electrons. The molecule has 0 radical (unpaired) electrons. The van der Waals surface area contributed by atoms with E-state index in [1.54, 1.807) is 6.92 Å². The average molecular weight is 274 g/mol. The Balaban J connectivity index is 1.91. The number of furan rings is 1. The Morgan fingerprint density at radius 1 is 1.61 bits per heavy atom. The number of amides is 1. The van der Waals surface area contributed by atoms with Gasteiger partial charge in [-0.25, -0.2) is 4.79 Å². The van der Waals surface area contributed by atoms with Gasteiger partial charge in [-0.3, -0.25) is 4.79 Å². The van der Waals surface area contributed by atoms with Crippen molar-refractivity contribution >= 4 is 23.5 Å². The SMILES string of the molecule is CC1(OCC(=O)O)CN(C(=O)c2ccoc2Cl)C1. The second-order valence-corrected chi connectivity index (χ2v) is 4.74. The third kappa shape index (κ3) is 2.49. The molecule has 0 unspecified atom stereocenters. The Bertz CT molecular complexity index is 478. The summed E-state index contributed by atoms with van der Waals surface area (Å²) in [5, 5.41) is 8.58. The second kappa shape index (κ2) is 4.62. The Morgan fingerprint density at radius 3 is 2.78 bits per heavy atom. The molecule has 7 heteroatoms. The molecule has 1 aromatic heterocycles. The number of likely N-dealkylation sites (tertiary alicyclic amines) is 1. The van der Waals surface area contributed by atoms with E-state index in [-0.39, 0.29) is 17.7 Å². The number of halogens is 1. The monoisotopic (exact) mass is 273 g/mol. The summed E-state index contributed by atoms with van der Waals surface area (Å²) < 4.78 is 10.0. The van der Waals surface area contributed by atoms with Gasteiger partial charge in [-0.1, -0.05) is 0 Å². The van der Waals surface area contributed by atoms with E-state index in [0.717, 1.165) is 0 Å². The molecular formula is C11H12ClNO5. The largest absolute Gasteiger partial charge is 0.480 e. The molecule has 1 N–H and O–H groups in total. The van der Waals surface area contributed by atoms with E-state index in [2.05, 4.69) is 0 Å². The maximum atomic E-state index is 11.9. The predicted molar refractivity (Wildman–Crippen MR) is 61.6 cm³/mol. The summed E-state index contributed by atoms with van der Waals surface area (Å²) in [6.45, 7) is 2.06. The summed E-state index contributed by atoms with van der Waals surface area (Å²) in [5.74, 6) is -1.27.